The maximum absolute atomic E-state index is 12.3. The monoisotopic (exact) mass is 410 g/mol. The molecular weight excluding hydrogens is 392 g/mol. The van der Waals surface area contributed by atoms with Crippen LogP contribution in [-0.4, -0.2) is 36.6 Å². The fourth-order valence-electron chi connectivity index (χ4n) is 3.11. The first kappa shape index (κ1) is 19.4. The third-order valence-corrected chi connectivity index (χ3v) is 4.71. The fourth-order valence-corrected chi connectivity index (χ4v) is 3.11. The molecule has 0 aromatic heterocycles. The van der Waals surface area contributed by atoms with Crippen molar-refractivity contribution in [2.75, 3.05) is 17.0 Å². The van der Waals surface area contributed by atoms with Crippen molar-refractivity contribution in [1.82, 2.24) is 0 Å². The summed E-state index contributed by atoms with van der Waals surface area (Å²) in [7, 11) is 0. The molecule has 4 rings (SSSR count). The van der Waals surface area contributed by atoms with Crippen LogP contribution in [0.3, 0.4) is 0 Å². The smallest absolute Gasteiger partial charge is 0.338 e. The van der Waals surface area contributed by atoms with Gasteiger partial charge in [-0.15, -0.1) is 0 Å². The Kier molecular flexibility index (Phi) is 5.09. The van der Waals surface area contributed by atoms with Crippen LogP contribution in [0.25, 0.3) is 0 Å². The lowest BCUT2D eigenvalue weighted by Gasteiger charge is -2.15. The van der Waals surface area contributed by atoms with Gasteiger partial charge in [0, 0.05) is 24.6 Å². The van der Waals surface area contributed by atoms with Crippen molar-refractivity contribution in [1.29, 1.82) is 0 Å². The summed E-state index contributed by atoms with van der Waals surface area (Å²) in [4.78, 5) is 49.4. The predicted octanol–water partition coefficient (Wildman–Crippen LogP) is 2.25. The van der Waals surface area contributed by atoms with Gasteiger partial charge in [-0.2, -0.15) is 0 Å². The summed E-state index contributed by atoms with van der Waals surface area (Å²) in [5, 5.41) is 2.65. The van der Waals surface area contributed by atoms with Crippen LogP contribution >= 0.6 is 0 Å². The van der Waals surface area contributed by atoms with Crippen LogP contribution in [0.4, 0.5) is 11.4 Å². The normalized spacial score (nSPS) is 15.8. The van der Waals surface area contributed by atoms with Crippen molar-refractivity contribution in [3.8, 4) is 11.5 Å². The lowest BCUT2D eigenvalue weighted by atomic mass is 10.2. The minimum atomic E-state index is -1.05. The Hall–Kier alpha value is -3.88. The van der Waals surface area contributed by atoms with E-state index in [0.717, 1.165) is 4.90 Å². The molecule has 2 heterocycles. The number of nitrogens with one attached hydrogen (secondary N) is 1. The minimum Gasteiger partial charge on any atom is -0.454 e. The van der Waals surface area contributed by atoms with E-state index in [1.807, 2.05) is 0 Å². The third kappa shape index (κ3) is 3.82. The number of imide groups is 1. The highest BCUT2D eigenvalue weighted by Crippen LogP contribution is 2.34. The van der Waals surface area contributed by atoms with Gasteiger partial charge in [0.05, 0.1) is 11.3 Å². The van der Waals surface area contributed by atoms with E-state index in [0.29, 0.717) is 22.9 Å². The second-order valence-corrected chi connectivity index (χ2v) is 6.77. The SMILES string of the molecule is C[C@@H](OC(=O)c1ccc(N2C(=O)CCC2=O)cc1)C(=O)Nc1ccc2c(c1)OCO2. The van der Waals surface area contributed by atoms with Gasteiger partial charge < -0.3 is 19.5 Å². The van der Waals surface area contributed by atoms with Crippen LogP contribution in [0.5, 0.6) is 11.5 Å². The van der Waals surface area contributed by atoms with Gasteiger partial charge in [-0.3, -0.25) is 19.3 Å². The summed E-state index contributed by atoms with van der Waals surface area (Å²) in [6, 6.07) is 10.8. The molecule has 2 aromatic carbocycles. The molecule has 154 valence electrons. The highest BCUT2D eigenvalue weighted by molar-refractivity contribution is 6.19. The molecule has 0 unspecified atom stereocenters. The molecule has 1 fully saturated rings. The van der Waals surface area contributed by atoms with Crippen LogP contribution in [0, 0.1) is 0 Å². The lowest BCUT2D eigenvalue weighted by Crippen LogP contribution is -2.30. The Labute approximate surface area is 171 Å². The number of carbonyl (C=O) groups excluding carboxylic acids is 4. The molecule has 0 radical (unpaired) electrons. The van der Waals surface area contributed by atoms with E-state index in [-0.39, 0.29) is 37.0 Å². The highest BCUT2D eigenvalue weighted by Gasteiger charge is 2.30. The summed E-state index contributed by atoms with van der Waals surface area (Å²) in [6.45, 7) is 1.58. The van der Waals surface area contributed by atoms with Gasteiger partial charge in [-0.05, 0) is 43.3 Å². The van der Waals surface area contributed by atoms with Crippen LogP contribution in [0.1, 0.15) is 30.1 Å². The Bertz CT molecular complexity index is 1020. The average Bonchev–Trinajstić information content (AvgIpc) is 3.33. The van der Waals surface area contributed by atoms with Crippen LogP contribution in [0.15, 0.2) is 42.5 Å². The number of amides is 3. The van der Waals surface area contributed by atoms with Crippen molar-refractivity contribution in [3.05, 3.63) is 48.0 Å². The van der Waals surface area contributed by atoms with Crippen LogP contribution in [0.2, 0.25) is 0 Å². The lowest BCUT2D eigenvalue weighted by molar-refractivity contribution is -0.124. The molecule has 30 heavy (non-hydrogen) atoms. The van der Waals surface area contributed by atoms with Gasteiger partial charge in [-0.25, -0.2) is 4.79 Å². The average molecular weight is 410 g/mol. The van der Waals surface area contributed by atoms with E-state index in [9.17, 15) is 19.2 Å². The van der Waals surface area contributed by atoms with E-state index in [2.05, 4.69) is 5.32 Å². The maximum atomic E-state index is 12.3. The zero-order chi connectivity index (χ0) is 21.3. The summed E-state index contributed by atoms with van der Waals surface area (Å²) in [6.07, 6.45) is -0.693. The maximum Gasteiger partial charge on any atom is 0.338 e. The molecule has 2 aromatic rings. The van der Waals surface area contributed by atoms with Crippen molar-refractivity contribution < 1.29 is 33.4 Å². The molecular formula is C21H18N2O7. The minimum absolute atomic E-state index is 0.125. The van der Waals surface area contributed by atoms with E-state index in [1.165, 1.54) is 31.2 Å². The van der Waals surface area contributed by atoms with Crippen molar-refractivity contribution >= 4 is 35.1 Å². The number of rotatable bonds is 5. The Balaban J connectivity index is 1.36. The van der Waals surface area contributed by atoms with Gasteiger partial charge in [0.1, 0.15) is 0 Å². The molecule has 0 spiro atoms. The van der Waals surface area contributed by atoms with Gasteiger partial charge in [0.2, 0.25) is 18.6 Å². The molecule has 1 atom stereocenters. The summed E-state index contributed by atoms with van der Waals surface area (Å²) in [5.41, 5.74) is 1.07. The number of hydrogen-bond donors (Lipinski definition) is 1. The van der Waals surface area contributed by atoms with E-state index in [4.69, 9.17) is 14.2 Å². The number of anilines is 2. The van der Waals surface area contributed by atoms with Crippen LogP contribution in [-0.2, 0) is 19.1 Å². The number of benzene rings is 2. The number of ether oxygens (including phenoxy) is 3. The molecule has 9 nitrogen and oxygen atoms in total. The first-order valence-electron chi connectivity index (χ1n) is 9.30. The number of fused-ring (bicyclic) bond motifs is 1. The predicted molar refractivity (Wildman–Crippen MR) is 104 cm³/mol. The molecule has 1 saturated heterocycles. The van der Waals surface area contributed by atoms with Gasteiger partial charge in [0.15, 0.2) is 17.6 Å². The standard InChI is InChI=1S/C21H18N2O7/c1-12(20(26)22-14-4-7-16-17(10-14)29-11-28-16)30-21(27)13-2-5-15(6-3-13)23-18(24)8-9-19(23)25/h2-7,10,12H,8-9,11H2,1H3,(H,22,26)/t12-/m1/s1. The molecule has 2 aliphatic rings. The number of hydrogen-bond acceptors (Lipinski definition) is 7. The zero-order valence-corrected chi connectivity index (χ0v) is 16.0. The third-order valence-electron chi connectivity index (χ3n) is 4.71. The topological polar surface area (TPSA) is 111 Å². The van der Waals surface area contributed by atoms with E-state index in [1.54, 1.807) is 18.2 Å². The van der Waals surface area contributed by atoms with E-state index < -0.39 is 18.0 Å². The number of nitrogens with zero attached hydrogens (tertiary/aromatic N) is 1. The zero-order valence-electron chi connectivity index (χ0n) is 16.0. The summed E-state index contributed by atoms with van der Waals surface area (Å²) < 4.78 is 15.7. The summed E-state index contributed by atoms with van der Waals surface area (Å²) in [5.74, 6) is -0.643. The van der Waals surface area contributed by atoms with E-state index >= 15 is 0 Å². The van der Waals surface area contributed by atoms with Gasteiger partial charge in [-0.1, -0.05) is 0 Å². The molecule has 3 amide bonds. The first-order chi connectivity index (χ1) is 14.4. The van der Waals surface area contributed by atoms with Crippen molar-refractivity contribution in [3.63, 3.8) is 0 Å². The fraction of sp³-hybridized carbons (Fsp3) is 0.238. The molecule has 0 aliphatic carbocycles. The molecule has 0 saturated carbocycles. The second kappa shape index (κ2) is 7.86. The Morgan fingerprint density at radius 1 is 1.00 bits per heavy atom. The van der Waals surface area contributed by atoms with Gasteiger partial charge >= 0.3 is 5.97 Å². The second-order valence-electron chi connectivity index (χ2n) is 6.77. The molecule has 0 bridgehead atoms. The molecule has 2 aliphatic heterocycles. The van der Waals surface area contributed by atoms with Crippen molar-refractivity contribution in [2.24, 2.45) is 0 Å². The van der Waals surface area contributed by atoms with Crippen molar-refractivity contribution in [2.45, 2.75) is 25.9 Å². The molecule has 9 heteroatoms. The number of carbonyl (C=O) groups is 4. The van der Waals surface area contributed by atoms with Crippen LogP contribution < -0.4 is 19.7 Å². The summed E-state index contributed by atoms with van der Waals surface area (Å²) >= 11 is 0. The molecule has 1 N–H and O–H groups in total. The van der Waals surface area contributed by atoms with Gasteiger partial charge in [0.25, 0.3) is 5.91 Å². The Morgan fingerprint density at radius 3 is 2.37 bits per heavy atom. The first-order valence-corrected chi connectivity index (χ1v) is 9.30. The highest BCUT2D eigenvalue weighted by atomic mass is 16.7. The number of esters is 1. The quantitative estimate of drug-likeness (QED) is 0.594. The largest absolute Gasteiger partial charge is 0.454 e. The Morgan fingerprint density at radius 2 is 1.67 bits per heavy atom.